The molecule has 1 aromatic carbocycles. The number of benzene rings is 1. The summed E-state index contributed by atoms with van der Waals surface area (Å²) in [6.07, 6.45) is 0. The topological polar surface area (TPSA) is 75.1 Å². The fraction of sp³-hybridized carbons (Fsp3) is 0.562. The lowest BCUT2D eigenvalue weighted by Gasteiger charge is -2.23. The van der Waals surface area contributed by atoms with Crippen LogP contribution in [0.3, 0.4) is 0 Å². The lowest BCUT2D eigenvalue weighted by Crippen LogP contribution is -2.47. The molecule has 1 rings (SSSR count). The molecule has 0 fully saturated rings. The van der Waals surface area contributed by atoms with Crippen LogP contribution in [0.4, 0.5) is 0 Å². The second kappa shape index (κ2) is 7.77. The summed E-state index contributed by atoms with van der Waals surface area (Å²) >= 11 is 0. The molecule has 0 bridgehead atoms. The number of aromatic hydroxyl groups is 1. The van der Waals surface area contributed by atoms with Crippen molar-refractivity contribution in [2.75, 3.05) is 20.8 Å². The molecule has 0 heterocycles. The van der Waals surface area contributed by atoms with Crippen molar-refractivity contribution in [3.63, 3.8) is 0 Å². The van der Waals surface area contributed by atoms with E-state index in [2.05, 4.69) is 36.4 Å². The number of phenolic OH excluding ortho intramolecular Hbond substituents is 1. The number of rotatable bonds is 5. The Morgan fingerprint density at radius 1 is 1.18 bits per heavy atom. The first-order valence-electron chi connectivity index (χ1n) is 7.31. The molecule has 0 aromatic heterocycles. The van der Waals surface area contributed by atoms with Crippen LogP contribution in [0.15, 0.2) is 17.1 Å². The number of guanidine groups is 1. The third-order valence-corrected chi connectivity index (χ3v) is 2.80. The van der Waals surface area contributed by atoms with E-state index >= 15 is 0 Å². The minimum Gasteiger partial charge on any atom is -0.502 e. The summed E-state index contributed by atoms with van der Waals surface area (Å²) in [6.45, 7) is 9.47. The summed E-state index contributed by atoms with van der Waals surface area (Å²) in [5, 5.41) is 16.4. The number of aliphatic imine (C=N–C) groups is 1. The zero-order valence-electron chi connectivity index (χ0n) is 14.3. The van der Waals surface area contributed by atoms with Crippen molar-refractivity contribution in [1.29, 1.82) is 0 Å². The molecule has 0 spiro atoms. The van der Waals surface area contributed by atoms with Crippen molar-refractivity contribution in [2.45, 2.75) is 39.8 Å². The molecule has 0 aliphatic carbocycles. The number of nitrogens with zero attached hydrogens (tertiary/aromatic N) is 1. The van der Waals surface area contributed by atoms with Crippen LogP contribution in [0.2, 0.25) is 0 Å². The fourth-order valence-corrected chi connectivity index (χ4v) is 1.87. The predicted molar refractivity (Wildman–Crippen MR) is 88.9 cm³/mol. The van der Waals surface area contributed by atoms with Gasteiger partial charge < -0.3 is 25.2 Å². The summed E-state index contributed by atoms with van der Waals surface area (Å²) in [6, 6.07) is 3.50. The van der Waals surface area contributed by atoms with E-state index in [4.69, 9.17) is 9.47 Å². The first-order chi connectivity index (χ1) is 10.3. The highest BCUT2D eigenvalue weighted by Crippen LogP contribution is 2.37. The van der Waals surface area contributed by atoms with Gasteiger partial charge >= 0.3 is 0 Å². The molecule has 0 saturated carbocycles. The molecule has 0 radical (unpaired) electrons. The number of hydrogen-bond acceptors (Lipinski definition) is 4. The Labute approximate surface area is 132 Å². The first-order valence-corrected chi connectivity index (χ1v) is 7.31. The molecular formula is C16H27N3O3. The number of hydrogen-bond donors (Lipinski definition) is 3. The van der Waals surface area contributed by atoms with Crippen LogP contribution in [0.5, 0.6) is 17.2 Å². The van der Waals surface area contributed by atoms with Crippen molar-refractivity contribution in [1.82, 2.24) is 10.6 Å². The van der Waals surface area contributed by atoms with Gasteiger partial charge in [-0.25, -0.2) is 4.99 Å². The number of nitrogens with one attached hydrogen (secondary N) is 2. The van der Waals surface area contributed by atoms with Gasteiger partial charge in [-0.15, -0.1) is 0 Å². The Balaban J connectivity index is 2.98. The molecule has 6 nitrogen and oxygen atoms in total. The summed E-state index contributed by atoms with van der Waals surface area (Å²) in [5.74, 6) is 1.48. The Morgan fingerprint density at radius 2 is 1.73 bits per heavy atom. The Morgan fingerprint density at radius 3 is 2.14 bits per heavy atom. The highest BCUT2D eigenvalue weighted by Gasteiger charge is 2.13. The number of ether oxygens (including phenoxy) is 2. The SMILES string of the molecule is CCNC(=NCc1cc(OC)c(O)c(OC)c1)NC(C)(C)C. The molecular weight excluding hydrogens is 282 g/mol. The minimum atomic E-state index is -0.0780. The van der Waals surface area contributed by atoms with Gasteiger partial charge in [-0.05, 0) is 45.4 Å². The molecule has 0 unspecified atom stereocenters. The lowest BCUT2D eigenvalue weighted by molar-refractivity contribution is 0.339. The van der Waals surface area contributed by atoms with Gasteiger partial charge in [0.2, 0.25) is 5.75 Å². The average molecular weight is 309 g/mol. The van der Waals surface area contributed by atoms with E-state index in [1.54, 1.807) is 12.1 Å². The Bertz CT molecular complexity index is 497. The van der Waals surface area contributed by atoms with Crippen LogP contribution in [0, 0.1) is 0 Å². The molecule has 0 atom stereocenters. The maximum Gasteiger partial charge on any atom is 0.200 e. The zero-order valence-corrected chi connectivity index (χ0v) is 14.3. The van der Waals surface area contributed by atoms with E-state index in [0.29, 0.717) is 18.0 Å². The van der Waals surface area contributed by atoms with Crippen molar-refractivity contribution in [3.05, 3.63) is 17.7 Å². The van der Waals surface area contributed by atoms with Crippen molar-refractivity contribution in [2.24, 2.45) is 4.99 Å². The van der Waals surface area contributed by atoms with Crippen LogP contribution < -0.4 is 20.1 Å². The third-order valence-electron chi connectivity index (χ3n) is 2.80. The summed E-state index contributed by atoms with van der Waals surface area (Å²) in [7, 11) is 3.01. The molecule has 0 aliphatic heterocycles. The van der Waals surface area contributed by atoms with Gasteiger partial charge in [-0.3, -0.25) is 0 Å². The van der Waals surface area contributed by atoms with Crippen LogP contribution in [0.25, 0.3) is 0 Å². The average Bonchev–Trinajstić information content (AvgIpc) is 2.44. The van der Waals surface area contributed by atoms with Crippen LogP contribution in [-0.4, -0.2) is 37.4 Å². The number of phenols is 1. The Kier molecular flexibility index (Phi) is 6.34. The van der Waals surface area contributed by atoms with Gasteiger partial charge in [0.25, 0.3) is 0 Å². The zero-order chi connectivity index (χ0) is 16.8. The van der Waals surface area contributed by atoms with E-state index in [1.807, 2.05) is 6.92 Å². The molecule has 124 valence electrons. The molecule has 22 heavy (non-hydrogen) atoms. The van der Waals surface area contributed by atoms with Crippen LogP contribution in [0.1, 0.15) is 33.3 Å². The molecule has 1 aromatic rings. The van der Waals surface area contributed by atoms with E-state index in [0.717, 1.165) is 18.1 Å². The normalized spacial score (nSPS) is 12.0. The van der Waals surface area contributed by atoms with Crippen molar-refractivity contribution >= 4 is 5.96 Å². The standard InChI is InChI=1S/C16H27N3O3/c1-7-17-15(19-16(2,3)4)18-10-11-8-12(21-5)14(20)13(9-11)22-6/h8-9,20H,7,10H2,1-6H3,(H2,17,18,19). The fourth-order valence-electron chi connectivity index (χ4n) is 1.87. The third kappa shape index (κ3) is 5.35. The number of methoxy groups -OCH3 is 2. The lowest BCUT2D eigenvalue weighted by atomic mass is 10.1. The van der Waals surface area contributed by atoms with Crippen molar-refractivity contribution in [3.8, 4) is 17.2 Å². The first kappa shape index (κ1) is 17.9. The summed E-state index contributed by atoms with van der Waals surface area (Å²) < 4.78 is 10.3. The van der Waals surface area contributed by atoms with Crippen molar-refractivity contribution < 1.29 is 14.6 Å². The van der Waals surface area contributed by atoms with E-state index in [1.165, 1.54) is 14.2 Å². The maximum absolute atomic E-state index is 9.92. The van der Waals surface area contributed by atoms with Gasteiger partial charge in [-0.2, -0.15) is 0 Å². The smallest absolute Gasteiger partial charge is 0.200 e. The molecule has 0 saturated heterocycles. The maximum atomic E-state index is 9.92. The summed E-state index contributed by atoms with van der Waals surface area (Å²) in [5.41, 5.74) is 0.809. The van der Waals surface area contributed by atoms with Gasteiger partial charge in [0, 0.05) is 12.1 Å². The monoisotopic (exact) mass is 309 g/mol. The molecule has 6 heteroatoms. The van der Waals surface area contributed by atoms with E-state index in [9.17, 15) is 5.11 Å². The minimum absolute atomic E-state index is 0.00236. The van der Waals surface area contributed by atoms with Gasteiger partial charge in [0.1, 0.15) is 0 Å². The highest BCUT2D eigenvalue weighted by molar-refractivity contribution is 5.80. The summed E-state index contributed by atoms with van der Waals surface area (Å²) in [4.78, 5) is 4.55. The van der Waals surface area contributed by atoms with Gasteiger partial charge in [-0.1, -0.05) is 0 Å². The van der Waals surface area contributed by atoms with E-state index < -0.39 is 0 Å². The van der Waals surface area contributed by atoms with Crippen LogP contribution in [-0.2, 0) is 6.54 Å². The van der Waals surface area contributed by atoms with Gasteiger partial charge in [0.15, 0.2) is 17.5 Å². The highest BCUT2D eigenvalue weighted by atomic mass is 16.5. The second-order valence-electron chi connectivity index (χ2n) is 5.92. The van der Waals surface area contributed by atoms with Gasteiger partial charge in [0.05, 0.1) is 20.8 Å². The molecule has 0 aliphatic rings. The molecule has 0 amide bonds. The van der Waals surface area contributed by atoms with Crippen LogP contribution >= 0.6 is 0 Å². The second-order valence-corrected chi connectivity index (χ2v) is 5.92. The predicted octanol–water partition coefficient (Wildman–Crippen LogP) is 2.26. The Hall–Kier alpha value is -2.11. The largest absolute Gasteiger partial charge is 0.502 e. The molecule has 3 N–H and O–H groups in total. The van der Waals surface area contributed by atoms with E-state index in [-0.39, 0.29) is 11.3 Å². The quantitative estimate of drug-likeness (QED) is 0.574.